The normalized spacial score (nSPS) is 19.1. The molecule has 0 spiro atoms. The lowest BCUT2D eigenvalue weighted by molar-refractivity contribution is 0.126. The highest BCUT2D eigenvalue weighted by Gasteiger charge is 2.15. The summed E-state index contributed by atoms with van der Waals surface area (Å²) in [7, 11) is 2.19. The van der Waals surface area contributed by atoms with Gasteiger partial charge in [-0.05, 0) is 20.9 Å². The zero-order valence-corrected chi connectivity index (χ0v) is 9.25. The van der Waals surface area contributed by atoms with Crippen molar-refractivity contribution < 1.29 is 0 Å². The van der Waals surface area contributed by atoms with E-state index < -0.39 is 0 Å². The van der Waals surface area contributed by atoms with E-state index in [9.17, 15) is 0 Å². The molecule has 76 valence electrons. The number of nitrogens with zero attached hydrogens (tertiary/aromatic N) is 3. The van der Waals surface area contributed by atoms with Crippen LogP contribution < -0.4 is 0 Å². The van der Waals surface area contributed by atoms with Gasteiger partial charge in [0, 0.05) is 39.1 Å². The molecule has 1 rings (SSSR count). The standard InChI is InChI=1S/C8H18N2.C2H3N/c1-8(2)10-6-4-9(3)5-7-10;1-2-3/h8H,4-7H2,1-3H3;1H3. The van der Waals surface area contributed by atoms with Crippen LogP contribution in [-0.2, 0) is 0 Å². The lowest BCUT2D eigenvalue weighted by Gasteiger charge is -2.34. The number of nitriles is 1. The third kappa shape index (κ3) is 5.62. The number of hydrogen-bond donors (Lipinski definition) is 0. The van der Waals surface area contributed by atoms with Crippen LogP contribution in [0.5, 0.6) is 0 Å². The van der Waals surface area contributed by atoms with Crippen LogP contribution in [0.4, 0.5) is 0 Å². The molecule has 13 heavy (non-hydrogen) atoms. The molecule has 3 heteroatoms. The molecule has 0 radical (unpaired) electrons. The van der Waals surface area contributed by atoms with Crippen molar-refractivity contribution in [2.45, 2.75) is 26.8 Å². The van der Waals surface area contributed by atoms with E-state index in [1.165, 1.54) is 33.1 Å². The molecule has 0 aliphatic carbocycles. The molecular weight excluding hydrogens is 162 g/mol. The minimum Gasteiger partial charge on any atom is -0.304 e. The zero-order chi connectivity index (χ0) is 10.3. The molecule has 0 amide bonds. The second-order valence-corrected chi connectivity index (χ2v) is 3.66. The van der Waals surface area contributed by atoms with E-state index in [4.69, 9.17) is 5.26 Å². The maximum absolute atomic E-state index is 7.32. The molecule has 0 atom stereocenters. The summed E-state index contributed by atoms with van der Waals surface area (Å²) in [5.74, 6) is 0. The lowest BCUT2D eigenvalue weighted by Crippen LogP contribution is -2.47. The summed E-state index contributed by atoms with van der Waals surface area (Å²) in [6, 6.07) is 2.48. The van der Waals surface area contributed by atoms with Gasteiger partial charge in [0.2, 0.25) is 0 Å². The Morgan fingerprint density at radius 3 is 1.85 bits per heavy atom. The van der Waals surface area contributed by atoms with Crippen molar-refractivity contribution in [2.24, 2.45) is 0 Å². The monoisotopic (exact) mass is 183 g/mol. The fourth-order valence-corrected chi connectivity index (χ4v) is 1.34. The SMILES string of the molecule is CC#N.CC(C)N1CCN(C)CC1. The molecule has 0 N–H and O–H groups in total. The Labute approximate surface area is 81.9 Å². The average Bonchev–Trinajstić information content (AvgIpc) is 2.06. The van der Waals surface area contributed by atoms with Gasteiger partial charge in [-0.25, -0.2) is 0 Å². The van der Waals surface area contributed by atoms with Crippen LogP contribution in [0.1, 0.15) is 20.8 Å². The van der Waals surface area contributed by atoms with Crippen LogP contribution >= 0.6 is 0 Å². The van der Waals surface area contributed by atoms with Crippen LogP contribution in [0.3, 0.4) is 0 Å². The molecule has 1 saturated heterocycles. The van der Waals surface area contributed by atoms with Gasteiger partial charge in [0.15, 0.2) is 0 Å². The van der Waals surface area contributed by atoms with E-state index in [2.05, 4.69) is 30.7 Å². The van der Waals surface area contributed by atoms with Gasteiger partial charge in [-0.3, -0.25) is 4.90 Å². The van der Waals surface area contributed by atoms with Crippen LogP contribution in [0, 0.1) is 11.3 Å². The molecule has 0 saturated carbocycles. The lowest BCUT2D eigenvalue weighted by atomic mass is 10.2. The summed E-state index contributed by atoms with van der Waals surface area (Å²) in [5.41, 5.74) is 0. The quantitative estimate of drug-likeness (QED) is 0.611. The Morgan fingerprint density at radius 2 is 1.54 bits per heavy atom. The van der Waals surface area contributed by atoms with Crippen LogP contribution in [0.15, 0.2) is 0 Å². The number of likely N-dealkylation sites (N-methyl/N-ethyl adjacent to an activating group) is 1. The molecule has 0 unspecified atom stereocenters. The summed E-state index contributed by atoms with van der Waals surface area (Å²) in [6.07, 6.45) is 0. The maximum Gasteiger partial charge on any atom is 0.0587 e. The molecule has 1 fully saturated rings. The van der Waals surface area contributed by atoms with Crippen molar-refractivity contribution in [3.05, 3.63) is 0 Å². The van der Waals surface area contributed by atoms with E-state index in [-0.39, 0.29) is 0 Å². The summed E-state index contributed by atoms with van der Waals surface area (Å²) in [5, 5.41) is 7.32. The molecule has 1 heterocycles. The smallest absolute Gasteiger partial charge is 0.0587 e. The predicted molar refractivity (Wildman–Crippen MR) is 55.5 cm³/mol. The second kappa shape index (κ2) is 6.88. The van der Waals surface area contributed by atoms with Gasteiger partial charge in [0.25, 0.3) is 0 Å². The fraction of sp³-hybridized carbons (Fsp3) is 0.900. The van der Waals surface area contributed by atoms with Crippen LogP contribution in [-0.4, -0.2) is 49.1 Å². The Kier molecular flexibility index (Phi) is 6.56. The summed E-state index contributed by atoms with van der Waals surface area (Å²) >= 11 is 0. The molecule has 0 aromatic carbocycles. The molecule has 0 aromatic rings. The molecule has 3 nitrogen and oxygen atoms in total. The molecule has 0 bridgehead atoms. The van der Waals surface area contributed by atoms with E-state index in [1.807, 2.05) is 0 Å². The first-order chi connectivity index (χ1) is 6.11. The summed E-state index contributed by atoms with van der Waals surface area (Å²) in [4.78, 5) is 4.92. The zero-order valence-electron chi connectivity index (χ0n) is 9.25. The first-order valence-electron chi connectivity index (χ1n) is 4.85. The van der Waals surface area contributed by atoms with Crippen molar-refractivity contribution in [2.75, 3.05) is 33.2 Å². The van der Waals surface area contributed by atoms with Crippen LogP contribution in [0.2, 0.25) is 0 Å². The minimum atomic E-state index is 0.730. The van der Waals surface area contributed by atoms with Gasteiger partial charge < -0.3 is 4.90 Å². The van der Waals surface area contributed by atoms with E-state index in [0.29, 0.717) is 0 Å². The van der Waals surface area contributed by atoms with Gasteiger partial charge in [0.1, 0.15) is 0 Å². The Bertz CT molecular complexity index is 152. The average molecular weight is 183 g/mol. The van der Waals surface area contributed by atoms with Crippen molar-refractivity contribution in [3.63, 3.8) is 0 Å². The maximum atomic E-state index is 7.32. The minimum absolute atomic E-state index is 0.730. The Hall–Kier alpha value is -0.590. The molecule has 1 aliphatic rings. The van der Waals surface area contributed by atoms with Crippen molar-refractivity contribution >= 4 is 0 Å². The van der Waals surface area contributed by atoms with E-state index in [1.54, 1.807) is 6.07 Å². The molecule has 1 aliphatic heterocycles. The highest BCUT2D eigenvalue weighted by Crippen LogP contribution is 2.02. The van der Waals surface area contributed by atoms with Gasteiger partial charge in [0.05, 0.1) is 6.07 Å². The van der Waals surface area contributed by atoms with Crippen molar-refractivity contribution in [1.82, 2.24) is 9.80 Å². The van der Waals surface area contributed by atoms with Crippen LogP contribution in [0.25, 0.3) is 0 Å². The van der Waals surface area contributed by atoms with Gasteiger partial charge in [-0.15, -0.1) is 0 Å². The Morgan fingerprint density at radius 1 is 1.15 bits per heavy atom. The fourth-order valence-electron chi connectivity index (χ4n) is 1.34. The topological polar surface area (TPSA) is 30.3 Å². The first kappa shape index (κ1) is 12.4. The predicted octanol–water partition coefficient (Wildman–Crippen LogP) is 1.17. The summed E-state index contributed by atoms with van der Waals surface area (Å²) in [6.45, 7) is 10.9. The van der Waals surface area contributed by atoms with Gasteiger partial charge in [-0.1, -0.05) is 0 Å². The van der Waals surface area contributed by atoms with E-state index in [0.717, 1.165) is 6.04 Å². The largest absolute Gasteiger partial charge is 0.304 e. The highest BCUT2D eigenvalue weighted by atomic mass is 15.3. The Balaban J connectivity index is 0.000000424. The third-order valence-electron chi connectivity index (χ3n) is 2.27. The highest BCUT2D eigenvalue weighted by molar-refractivity contribution is 4.71. The third-order valence-corrected chi connectivity index (χ3v) is 2.27. The van der Waals surface area contributed by atoms with E-state index >= 15 is 0 Å². The molecule has 0 aromatic heterocycles. The molecular formula is C10H21N3. The second-order valence-electron chi connectivity index (χ2n) is 3.66. The van der Waals surface area contributed by atoms with Crippen molar-refractivity contribution in [3.8, 4) is 6.07 Å². The van der Waals surface area contributed by atoms with Crippen molar-refractivity contribution in [1.29, 1.82) is 5.26 Å². The van der Waals surface area contributed by atoms with Gasteiger partial charge >= 0.3 is 0 Å². The number of hydrogen-bond acceptors (Lipinski definition) is 3. The van der Waals surface area contributed by atoms with Gasteiger partial charge in [-0.2, -0.15) is 5.26 Å². The first-order valence-corrected chi connectivity index (χ1v) is 4.85. The summed E-state index contributed by atoms with van der Waals surface area (Å²) < 4.78 is 0. The number of rotatable bonds is 1. The number of piperazine rings is 1.